The van der Waals surface area contributed by atoms with Crippen LogP contribution in [0.2, 0.25) is 0 Å². The molecule has 0 amide bonds. The molecule has 0 aliphatic carbocycles. The van der Waals surface area contributed by atoms with Gasteiger partial charge in [0.25, 0.3) is 0 Å². The van der Waals surface area contributed by atoms with Crippen molar-refractivity contribution in [3.05, 3.63) is 60.9 Å². The van der Waals surface area contributed by atoms with Gasteiger partial charge in [0.05, 0.1) is 23.8 Å². The summed E-state index contributed by atoms with van der Waals surface area (Å²) in [6, 6.07) is 15.5. The van der Waals surface area contributed by atoms with E-state index in [9.17, 15) is 0 Å². The van der Waals surface area contributed by atoms with Gasteiger partial charge < -0.3 is 0 Å². The molecule has 2 aromatic carbocycles. The van der Waals surface area contributed by atoms with Gasteiger partial charge in [-0.2, -0.15) is 10.2 Å². The van der Waals surface area contributed by atoms with Crippen molar-refractivity contribution in [2.24, 2.45) is 9.98 Å². The van der Waals surface area contributed by atoms with Gasteiger partial charge in [0.1, 0.15) is 0 Å². The molecule has 0 atom stereocenters. The standard InChI is InChI=1S/C8H6N2.C8H8N2/c1-2-4-8-6-10-9-5-7(8)3-1;1-9-7-5-3-4-6-8(7)10-2/h1-6H;3-6H,1-2H2. The van der Waals surface area contributed by atoms with Gasteiger partial charge in [0, 0.05) is 10.8 Å². The Labute approximate surface area is 117 Å². The van der Waals surface area contributed by atoms with Gasteiger partial charge in [-0.3, -0.25) is 9.98 Å². The Balaban J connectivity index is 0.000000147. The van der Waals surface area contributed by atoms with E-state index in [1.54, 1.807) is 12.4 Å². The van der Waals surface area contributed by atoms with Crippen molar-refractivity contribution < 1.29 is 0 Å². The lowest BCUT2D eigenvalue weighted by Crippen LogP contribution is -1.77. The fourth-order valence-corrected chi connectivity index (χ4v) is 1.67. The highest BCUT2D eigenvalue weighted by molar-refractivity contribution is 5.80. The summed E-state index contributed by atoms with van der Waals surface area (Å²) in [6.07, 6.45) is 3.52. The largest absolute Gasteiger partial charge is 0.262 e. The molecule has 3 rings (SSSR count). The zero-order valence-corrected chi connectivity index (χ0v) is 11.0. The summed E-state index contributed by atoms with van der Waals surface area (Å²) in [7, 11) is 0. The Kier molecular flexibility index (Phi) is 4.67. The second-order valence-corrected chi connectivity index (χ2v) is 3.92. The summed E-state index contributed by atoms with van der Waals surface area (Å²) in [6.45, 7) is 6.80. The van der Waals surface area contributed by atoms with Crippen LogP contribution < -0.4 is 0 Å². The van der Waals surface area contributed by atoms with Gasteiger partial charge >= 0.3 is 0 Å². The van der Waals surface area contributed by atoms with Crippen molar-refractivity contribution >= 4 is 35.6 Å². The first-order valence-corrected chi connectivity index (χ1v) is 6.03. The average Bonchev–Trinajstić information content (AvgIpc) is 2.55. The minimum Gasteiger partial charge on any atom is -0.262 e. The molecule has 0 saturated heterocycles. The van der Waals surface area contributed by atoms with Crippen LogP contribution >= 0.6 is 0 Å². The smallest absolute Gasteiger partial charge is 0.0878 e. The molecule has 0 fully saturated rings. The van der Waals surface area contributed by atoms with Crippen LogP contribution in [0.25, 0.3) is 10.8 Å². The van der Waals surface area contributed by atoms with Crippen LogP contribution in [0.3, 0.4) is 0 Å². The van der Waals surface area contributed by atoms with Crippen LogP contribution in [0.15, 0.2) is 70.9 Å². The predicted octanol–water partition coefficient (Wildman–Crippen LogP) is 3.98. The SMILES string of the molecule is C=Nc1ccccc1N=C.c1ccc2cnncc2c1. The molecule has 20 heavy (non-hydrogen) atoms. The normalized spacial score (nSPS) is 9.40. The van der Waals surface area contributed by atoms with E-state index in [-0.39, 0.29) is 0 Å². The highest BCUT2D eigenvalue weighted by Gasteiger charge is 1.92. The average molecular weight is 262 g/mol. The summed E-state index contributed by atoms with van der Waals surface area (Å²) in [4.78, 5) is 7.52. The van der Waals surface area contributed by atoms with E-state index < -0.39 is 0 Å². The molecule has 3 aromatic rings. The van der Waals surface area contributed by atoms with Crippen molar-refractivity contribution in [3.63, 3.8) is 0 Å². The lowest BCUT2D eigenvalue weighted by molar-refractivity contribution is 1.05. The molecule has 0 aliphatic rings. The minimum absolute atomic E-state index is 0.775. The molecule has 0 aliphatic heterocycles. The number of hydrogen-bond acceptors (Lipinski definition) is 4. The third-order valence-corrected chi connectivity index (χ3v) is 2.68. The van der Waals surface area contributed by atoms with E-state index in [1.807, 2.05) is 48.5 Å². The number of nitrogens with zero attached hydrogens (tertiary/aromatic N) is 4. The number of fused-ring (bicyclic) bond motifs is 1. The summed E-state index contributed by atoms with van der Waals surface area (Å²) in [5, 5.41) is 9.80. The molecule has 98 valence electrons. The van der Waals surface area contributed by atoms with Crippen LogP contribution in [0.4, 0.5) is 11.4 Å². The van der Waals surface area contributed by atoms with Gasteiger partial charge in [-0.1, -0.05) is 36.4 Å². The van der Waals surface area contributed by atoms with Crippen molar-refractivity contribution in [3.8, 4) is 0 Å². The van der Waals surface area contributed by atoms with E-state index in [4.69, 9.17) is 0 Å². The van der Waals surface area contributed by atoms with Gasteiger partial charge in [-0.05, 0) is 25.6 Å². The number of rotatable bonds is 2. The van der Waals surface area contributed by atoms with Gasteiger partial charge in [-0.25, -0.2) is 0 Å². The van der Waals surface area contributed by atoms with Crippen molar-refractivity contribution in [1.82, 2.24) is 10.2 Å². The maximum atomic E-state index is 3.76. The van der Waals surface area contributed by atoms with Gasteiger partial charge in [0.15, 0.2) is 0 Å². The number of aromatic nitrogens is 2. The molecule has 1 aromatic heterocycles. The molecule has 0 saturated carbocycles. The number of para-hydroxylation sites is 2. The summed E-state index contributed by atoms with van der Waals surface area (Å²) >= 11 is 0. The number of benzene rings is 2. The fourth-order valence-electron chi connectivity index (χ4n) is 1.67. The molecule has 4 nitrogen and oxygen atoms in total. The van der Waals surface area contributed by atoms with Crippen molar-refractivity contribution in [1.29, 1.82) is 0 Å². The molecular formula is C16H14N4. The zero-order chi connectivity index (χ0) is 14.2. The first kappa shape index (κ1) is 13.5. The monoisotopic (exact) mass is 262 g/mol. The van der Waals surface area contributed by atoms with E-state index >= 15 is 0 Å². The van der Waals surface area contributed by atoms with Crippen molar-refractivity contribution in [2.75, 3.05) is 0 Å². The molecule has 0 radical (unpaired) electrons. The van der Waals surface area contributed by atoms with Gasteiger partial charge in [-0.15, -0.1) is 0 Å². The highest BCUT2D eigenvalue weighted by Crippen LogP contribution is 2.25. The minimum atomic E-state index is 0.775. The van der Waals surface area contributed by atoms with Crippen LogP contribution in [-0.2, 0) is 0 Å². The Bertz CT molecular complexity index is 630. The molecule has 4 heteroatoms. The zero-order valence-electron chi connectivity index (χ0n) is 11.0. The lowest BCUT2D eigenvalue weighted by atomic mass is 10.2. The van der Waals surface area contributed by atoms with Crippen LogP contribution in [0, 0.1) is 0 Å². The topological polar surface area (TPSA) is 50.5 Å². The first-order valence-electron chi connectivity index (χ1n) is 6.03. The van der Waals surface area contributed by atoms with E-state index in [0.29, 0.717) is 0 Å². The van der Waals surface area contributed by atoms with Crippen LogP contribution in [0.5, 0.6) is 0 Å². The second-order valence-electron chi connectivity index (χ2n) is 3.92. The first-order chi connectivity index (χ1) is 9.85. The molecule has 1 heterocycles. The molecule has 0 N–H and O–H groups in total. The van der Waals surface area contributed by atoms with E-state index in [1.165, 1.54) is 0 Å². The molecule has 0 bridgehead atoms. The maximum Gasteiger partial charge on any atom is 0.0878 e. The van der Waals surface area contributed by atoms with Gasteiger partial charge in [0.2, 0.25) is 0 Å². The Morgan fingerprint density at radius 2 is 1.05 bits per heavy atom. The third kappa shape index (κ3) is 3.32. The van der Waals surface area contributed by atoms with Crippen LogP contribution in [-0.4, -0.2) is 23.6 Å². The second kappa shape index (κ2) is 6.89. The summed E-state index contributed by atoms with van der Waals surface area (Å²) < 4.78 is 0. The third-order valence-electron chi connectivity index (χ3n) is 2.68. The Morgan fingerprint density at radius 3 is 1.45 bits per heavy atom. The molecule has 0 spiro atoms. The maximum absolute atomic E-state index is 3.76. The van der Waals surface area contributed by atoms with Crippen LogP contribution in [0.1, 0.15) is 0 Å². The highest BCUT2D eigenvalue weighted by atomic mass is 15.1. The van der Waals surface area contributed by atoms with E-state index in [2.05, 4.69) is 33.6 Å². The number of aliphatic imine (C=N–C) groups is 2. The number of hydrogen-bond donors (Lipinski definition) is 0. The fraction of sp³-hybridized carbons (Fsp3) is 0. The predicted molar refractivity (Wildman–Crippen MR) is 84.4 cm³/mol. The van der Waals surface area contributed by atoms with E-state index in [0.717, 1.165) is 22.1 Å². The lowest BCUT2D eigenvalue weighted by Gasteiger charge is -1.95. The quantitative estimate of drug-likeness (QED) is 0.656. The molecular weight excluding hydrogens is 248 g/mol. The molecule has 0 unspecified atom stereocenters. The summed E-state index contributed by atoms with van der Waals surface area (Å²) in [5.41, 5.74) is 1.55. The van der Waals surface area contributed by atoms with Crippen molar-refractivity contribution in [2.45, 2.75) is 0 Å². The summed E-state index contributed by atoms with van der Waals surface area (Å²) in [5.74, 6) is 0. The Morgan fingerprint density at radius 1 is 0.650 bits per heavy atom. The Hall–Kier alpha value is -2.88.